The molecule has 1 aromatic heterocycles. The Hall–Kier alpha value is -1.59. The van der Waals surface area contributed by atoms with Crippen LogP contribution in [0.4, 0.5) is 5.69 Å². The summed E-state index contributed by atoms with van der Waals surface area (Å²) in [5, 5.41) is 9.53. The van der Waals surface area contributed by atoms with Gasteiger partial charge in [-0.3, -0.25) is 4.90 Å². The van der Waals surface area contributed by atoms with Crippen molar-refractivity contribution in [2.24, 2.45) is 0 Å². The summed E-state index contributed by atoms with van der Waals surface area (Å²) in [6, 6.07) is 5.72. The lowest BCUT2D eigenvalue weighted by atomic mass is 10.1. The van der Waals surface area contributed by atoms with Crippen LogP contribution >= 0.6 is 0 Å². The van der Waals surface area contributed by atoms with Gasteiger partial charge in [0.2, 0.25) is 5.89 Å². The van der Waals surface area contributed by atoms with Crippen LogP contribution in [0.3, 0.4) is 0 Å². The summed E-state index contributed by atoms with van der Waals surface area (Å²) in [5.74, 6) is 0.700. The third-order valence-corrected chi connectivity index (χ3v) is 4.00. The molecule has 3 N–H and O–H groups in total. The molecule has 20 heavy (non-hydrogen) atoms. The molecular weight excluding hydrogens is 254 g/mol. The van der Waals surface area contributed by atoms with Crippen molar-refractivity contribution in [2.45, 2.75) is 38.3 Å². The zero-order valence-electron chi connectivity index (χ0n) is 11.6. The molecule has 1 atom stereocenters. The van der Waals surface area contributed by atoms with Crippen LogP contribution in [0, 0.1) is 0 Å². The van der Waals surface area contributed by atoms with Crippen molar-refractivity contribution in [3.8, 4) is 0 Å². The smallest absolute Gasteiger partial charge is 0.209 e. The van der Waals surface area contributed by atoms with Gasteiger partial charge in [0.25, 0.3) is 0 Å². The molecule has 5 nitrogen and oxygen atoms in total. The van der Waals surface area contributed by atoms with Gasteiger partial charge in [0.05, 0.1) is 13.2 Å². The Morgan fingerprint density at radius 1 is 1.35 bits per heavy atom. The standard InChI is InChI=1S/C15H21N3O2/c16-11-5-6-14-13(8-11)17-15(20-14)9-18-7-3-1-2-4-12(18)10-19/h5-6,8,12,19H,1-4,7,9-10,16H2. The highest BCUT2D eigenvalue weighted by Crippen LogP contribution is 2.22. The molecule has 1 saturated heterocycles. The van der Waals surface area contributed by atoms with E-state index < -0.39 is 0 Å². The average Bonchev–Trinajstić information content (AvgIpc) is 2.68. The molecule has 0 spiro atoms. The molecule has 3 rings (SSSR count). The van der Waals surface area contributed by atoms with Crippen molar-refractivity contribution >= 4 is 16.8 Å². The molecule has 2 heterocycles. The second-order valence-electron chi connectivity index (χ2n) is 5.49. The molecule has 108 valence electrons. The molecule has 1 aliphatic rings. The molecule has 0 saturated carbocycles. The maximum atomic E-state index is 9.53. The van der Waals surface area contributed by atoms with E-state index in [9.17, 15) is 5.11 Å². The van der Waals surface area contributed by atoms with Crippen LogP contribution in [0.5, 0.6) is 0 Å². The van der Waals surface area contributed by atoms with Crippen molar-refractivity contribution in [3.63, 3.8) is 0 Å². The number of aliphatic hydroxyl groups excluding tert-OH is 1. The Labute approximate surface area is 118 Å². The summed E-state index contributed by atoms with van der Waals surface area (Å²) in [6.45, 7) is 1.85. The monoisotopic (exact) mass is 275 g/mol. The summed E-state index contributed by atoms with van der Waals surface area (Å²) in [6.07, 6.45) is 4.64. The topological polar surface area (TPSA) is 75.5 Å². The Bertz CT molecular complexity index is 582. The molecule has 2 aromatic rings. The van der Waals surface area contributed by atoms with E-state index >= 15 is 0 Å². The fourth-order valence-electron chi connectivity index (χ4n) is 2.89. The second-order valence-corrected chi connectivity index (χ2v) is 5.49. The Balaban J connectivity index is 1.80. The number of aliphatic hydroxyl groups is 1. The number of fused-ring (bicyclic) bond motifs is 1. The predicted octanol–water partition coefficient (Wildman–Crippen LogP) is 2.15. The van der Waals surface area contributed by atoms with Crippen LogP contribution in [0.1, 0.15) is 31.6 Å². The molecule has 5 heteroatoms. The van der Waals surface area contributed by atoms with Gasteiger partial charge in [-0.25, -0.2) is 4.98 Å². The number of hydrogen-bond donors (Lipinski definition) is 2. The molecular formula is C15H21N3O2. The largest absolute Gasteiger partial charge is 0.439 e. The van der Waals surface area contributed by atoms with Crippen molar-refractivity contribution in [1.82, 2.24) is 9.88 Å². The molecule has 0 radical (unpaired) electrons. The number of hydrogen-bond acceptors (Lipinski definition) is 5. The zero-order chi connectivity index (χ0) is 13.9. The number of nitrogen functional groups attached to an aromatic ring is 1. The molecule has 1 aliphatic heterocycles. The summed E-state index contributed by atoms with van der Waals surface area (Å²) < 4.78 is 5.77. The van der Waals surface area contributed by atoms with Gasteiger partial charge in [-0.15, -0.1) is 0 Å². The van der Waals surface area contributed by atoms with Gasteiger partial charge >= 0.3 is 0 Å². The molecule has 0 bridgehead atoms. The van der Waals surface area contributed by atoms with Crippen molar-refractivity contribution in [3.05, 3.63) is 24.1 Å². The van der Waals surface area contributed by atoms with Crippen molar-refractivity contribution in [2.75, 3.05) is 18.9 Å². The maximum Gasteiger partial charge on any atom is 0.209 e. The summed E-state index contributed by atoms with van der Waals surface area (Å²) in [4.78, 5) is 6.78. The number of aromatic nitrogens is 1. The highest BCUT2D eigenvalue weighted by atomic mass is 16.3. The third-order valence-electron chi connectivity index (χ3n) is 4.00. The minimum atomic E-state index is 0.202. The minimum Gasteiger partial charge on any atom is -0.439 e. The summed E-state index contributed by atoms with van der Waals surface area (Å²) in [5.41, 5.74) is 8.02. The summed E-state index contributed by atoms with van der Waals surface area (Å²) in [7, 11) is 0. The summed E-state index contributed by atoms with van der Waals surface area (Å²) >= 11 is 0. The SMILES string of the molecule is Nc1ccc2oc(CN3CCCCCC3CO)nc2c1. The number of nitrogens with two attached hydrogens (primary N) is 1. The van der Waals surface area contributed by atoms with Crippen LogP contribution in [0.2, 0.25) is 0 Å². The van der Waals surface area contributed by atoms with E-state index in [0.717, 1.165) is 24.1 Å². The first-order chi connectivity index (χ1) is 9.76. The first kappa shape index (κ1) is 13.4. The van der Waals surface area contributed by atoms with Gasteiger partial charge in [0.1, 0.15) is 5.52 Å². The molecule has 1 unspecified atom stereocenters. The predicted molar refractivity (Wildman–Crippen MR) is 78.2 cm³/mol. The Kier molecular flexibility index (Phi) is 3.89. The minimum absolute atomic E-state index is 0.202. The Morgan fingerprint density at radius 2 is 2.25 bits per heavy atom. The van der Waals surface area contributed by atoms with Gasteiger partial charge < -0.3 is 15.3 Å². The van der Waals surface area contributed by atoms with E-state index in [1.54, 1.807) is 0 Å². The van der Waals surface area contributed by atoms with Gasteiger partial charge in [-0.1, -0.05) is 12.8 Å². The van der Waals surface area contributed by atoms with Crippen LogP contribution in [0.15, 0.2) is 22.6 Å². The first-order valence-electron chi connectivity index (χ1n) is 7.26. The fraction of sp³-hybridized carbons (Fsp3) is 0.533. The molecule has 0 amide bonds. The zero-order valence-corrected chi connectivity index (χ0v) is 11.6. The highest BCUT2D eigenvalue weighted by molar-refractivity contribution is 5.76. The van der Waals surface area contributed by atoms with Gasteiger partial charge in [-0.05, 0) is 37.6 Å². The molecule has 1 aromatic carbocycles. The number of benzene rings is 1. The second kappa shape index (κ2) is 5.81. The average molecular weight is 275 g/mol. The fourth-order valence-corrected chi connectivity index (χ4v) is 2.89. The van der Waals surface area contributed by atoms with Crippen molar-refractivity contribution < 1.29 is 9.52 Å². The highest BCUT2D eigenvalue weighted by Gasteiger charge is 2.22. The molecule has 1 fully saturated rings. The number of nitrogens with zero attached hydrogens (tertiary/aromatic N) is 2. The Morgan fingerprint density at radius 3 is 3.10 bits per heavy atom. The number of rotatable bonds is 3. The van der Waals surface area contributed by atoms with Crippen LogP contribution < -0.4 is 5.73 Å². The lowest BCUT2D eigenvalue weighted by molar-refractivity contribution is 0.110. The van der Waals surface area contributed by atoms with E-state index in [1.165, 1.54) is 19.3 Å². The van der Waals surface area contributed by atoms with E-state index in [-0.39, 0.29) is 12.6 Å². The van der Waals surface area contributed by atoms with E-state index in [2.05, 4.69) is 9.88 Å². The van der Waals surface area contributed by atoms with Crippen LogP contribution in [-0.4, -0.2) is 34.2 Å². The van der Waals surface area contributed by atoms with Crippen molar-refractivity contribution in [1.29, 1.82) is 0 Å². The lowest BCUT2D eigenvalue weighted by Crippen LogP contribution is -2.37. The van der Waals surface area contributed by atoms with Gasteiger partial charge in [-0.2, -0.15) is 0 Å². The number of oxazole rings is 1. The van der Waals surface area contributed by atoms with E-state index in [0.29, 0.717) is 18.1 Å². The molecule has 0 aliphatic carbocycles. The van der Waals surface area contributed by atoms with Crippen LogP contribution in [0.25, 0.3) is 11.1 Å². The van der Waals surface area contributed by atoms with Gasteiger partial charge in [0.15, 0.2) is 5.58 Å². The number of anilines is 1. The maximum absolute atomic E-state index is 9.53. The number of likely N-dealkylation sites (tertiary alicyclic amines) is 1. The van der Waals surface area contributed by atoms with E-state index in [4.69, 9.17) is 10.2 Å². The first-order valence-corrected chi connectivity index (χ1v) is 7.26. The quantitative estimate of drug-likeness (QED) is 0.839. The van der Waals surface area contributed by atoms with E-state index in [1.807, 2.05) is 18.2 Å². The van der Waals surface area contributed by atoms with Crippen LogP contribution in [-0.2, 0) is 6.54 Å². The lowest BCUT2D eigenvalue weighted by Gasteiger charge is -2.26. The third kappa shape index (κ3) is 2.78. The van der Waals surface area contributed by atoms with Gasteiger partial charge in [0, 0.05) is 11.7 Å². The normalized spacial score (nSPS) is 21.1.